The van der Waals surface area contributed by atoms with Gasteiger partial charge in [0.25, 0.3) is 0 Å². The Kier molecular flexibility index (Phi) is 6.90. The van der Waals surface area contributed by atoms with Crippen molar-refractivity contribution in [3.63, 3.8) is 0 Å². The van der Waals surface area contributed by atoms with Gasteiger partial charge in [-0.05, 0) is 61.0 Å². The fourth-order valence-corrected chi connectivity index (χ4v) is 2.68. The fourth-order valence-electron chi connectivity index (χ4n) is 2.68. The second-order valence-electron chi connectivity index (χ2n) is 9.38. The van der Waals surface area contributed by atoms with Gasteiger partial charge in [0.15, 0.2) is 0 Å². The molecular weight excluding hydrogens is 376 g/mol. The van der Waals surface area contributed by atoms with Gasteiger partial charge in [-0.15, -0.1) is 0 Å². The average molecular weight is 409 g/mol. The molecule has 162 valence electrons. The van der Waals surface area contributed by atoms with Crippen molar-refractivity contribution in [3.05, 3.63) is 24.0 Å². The normalized spacial score (nSPS) is 17.9. The quantitative estimate of drug-likeness (QED) is 0.529. The number of carbonyl (C=O) groups is 1. The van der Waals surface area contributed by atoms with Crippen LogP contribution in [0.4, 0.5) is 9.18 Å². The van der Waals surface area contributed by atoms with Crippen molar-refractivity contribution in [2.45, 2.75) is 71.7 Å². The van der Waals surface area contributed by atoms with Gasteiger partial charge in [-0.2, -0.15) is 0 Å². The maximum Gasteiger partial charge on any atom is 0.497 e. The monoisotopic (exact) mass is 409 g/mol. The number of ether oxygens (including phenoxy) is 2. The third kappa shape index (κ3) is 6.09. The molecule has 0 spiro atoms. The Labute approximate surface area is 173 Å². The van der Waals surface area contributed by atoms with Crippen molar-refractivity contribution in [2.75, 3.05) is 20.2 Å². The van der Waals surface area contributed by atoms with Crippen molar-refractivity contribution in [1.29, 1.82) is 0 Å². The van der Waals surface area contributed by atoms with Crippen LogP contribution in [0.3, 0.4) is 0 Å². The molecule has 2 rings (SSSR count). The first-order valence-corrected chi connectivity index (χ1v) is 9.94. The lowest BCUT2D eigenvalue weighted by molar-refractivity contribution is 0.00578. The topological polar surface area (TPSA) is 57.2 Å². The van der Waals surface area contributed by atoms with Crippen LogP contribution in [0.5, 0.6) is 5.75 Å². The molecule has 0 aromatic heterocycles. The maximum absolute atomic E-state index is 14.6. The molecule has 0 saturated carbocycles. The number of benzene rings is 1. The number of hydrogen-bond acceptors (Lipinski definition) is 5. The Balaban J connectivity index is 1.85. The molecule has 0 radical (unpaired) electrons. The lowest BCUT2D eigenvalue weighted by Crippen LogP contribution is -2.41. The molecule has 1 aromatic carbocycles. The van der Waals surface area contributed by atoms with Crippen molar-refractivity contribution >= 4 is 18.7 Å². The van der Waals surface area contributed by atoms with Crippen LogP contribution in [0.2, 0.25) is 0 Å². The Hall–Kier alpha value is -1.80. The summed E-state index contributed by atoms with van der Waals surface area (Å²) in [5.41, 5.74) is -1.24. The van der Waals surface area contributed by atoms with E-state index in [0.717, 1.165) is 0 Å². The van der Waals surface area contributed by atoms with Gasteiger partial charge in [-0.3, -0.25) is 0 Å². The zero-order chi connectivity index (χ0) is 22.0. The van der Waals surface area contributed by atoms with Gasteiger partial charge in [-0.1, -0.05) is 6.07 Å². The molecule has 1 aliphatic heterocycles. The average Bonchev–Trinajstić information content (AvgIpc) is 2.77. The molecule has 0 unspecified atom stereocenters. The molecule has 1 saturated heterocycles. The summed E-state index contributed by atoms with van der Waals surface area (Å²) in [5, 5.41) is 0. The summed E-state index contributed by atoms with van der Waals surface area (Å²) in [6.45, 7) is 14.0. The molecule has 8 heteroatoms. The molecule has 0 aliphatic carbocycles. The summed E-state index contributed by atoms with van der Waals surface area (Å²) in [7, 11) is 0.921. The molecule has 29 heavy (non-hydrogen) atoms. The molecule has 1 aromatic rings. The molecular formula is C21H33BFNO5. The summed E-state index contributed by atoms with van der Waals surface area (Å²) in [5.74, 6) is -0.0189. The van der Waals surface area contributed by atoms with Crippen LogP contribution in [0.1, 0.15) is 54.9 Å². The smallest absolute Gasteiger partial charge is 0.493 e. The van der Waals surface area contributed by atoms with E-state index < -0.39 is 29.7 Å². The number of amides is 1. The minimum absolute atomic E-state index is 0.348. The molecule has 0 N–H and O–H groups in total. The van der Waals surface area contributed by atoms with Crippen molar-refractivity contribution in [1.82, 2.24) is 4.90 Å². The fraction of sp³-hybridized carbons (Fsp3) is 0.667. The van der Waals surface area contributed by atoms with E-state index in [2.05, 4.69) is 0 Å². The predicted molar refractivity (Wildman–Crippen MR) is 111 cm³/mol. The first-order chi connectivity index (χ1) is 13.2. The summed E-state index contributed by atoms with van der Waals surface area (Å²) < 4.78 is 37.3. The number of halogens is 1. The zero-order valence-electron chi connectivity index (χ0n) is 18.8. The van der Waals surface area contributed by atoms with Gasteiger partial charge >= 0.3 is 13.2 Å². The summed E-state index contributed by atoms with van der Waals surface area (Å²) in [4.78, 5) is 13.4. The first kappa shape index (κ1) is 23.5. The van der Waals surface area contributed by atoms with Gasteiger partial charge in [-0.25, -0.2) is 9.18 Å². The third-order valence-corrected chi connectivity index (χ3v) is 5.09. The Morgan fingerprint density at radius 1 is 1.17 bits per heavy atom. The third-order valence-electron chi connectivity index (χ3n) is 5.09. The number of carbonyl (C=O) groups excluding carboxylic acids is 1. The van der Waals surface area contributed by atoms with Gasteiger partial charge in [0, 0.05) is 25.1 Å². The first-order valence-electron chi connectivity index (χ1n) is 9.94. The standard InChI is InChI=1S/C21H33BFNO5/c1-19(2,3)27-18(25)24(8)12-9-13-26-15-10-11-16(17(23)14-15)22-28-20(4,5)21(6,7)29-22/h10-11,14H,9,12-13H2,1-8H3. The van der Waals surface area contributed by atoms with Crippen LogP contribution < -0.4 is 10.2 Å². The lowest BCUT2D eigenvalue weighted by atomic mass is 9.78. The molecule has 0 atom stereocenters. The molecule has 1 amide bonds. The highest BCUT2D eigenvalue weighted by Crippen LogP contribution is 2.36. The highest BCUT2D eigenvalue weighted by Gasteiger charge is 2.52. The van der Waals surface area contributed by atoms with E-state index in [1.54, 1.807) is 19.2 Å². The Morgan fingerprint density at radius 2 is 1.76 bits per heavy atom. The summed E-state index contributed by atoms with van der Waals surface area (Å²) in [6.07, 6.45) is 0.214. The van der Waals surface area contributed by atoms with Gasteiger partial charge < -0.3 is 23.7 Å². The van der Waals surface area contributed by atoms with E-state index >= 15 is 0 Å². The van der Waals surface area contributed by atoms with Gasteiger partial charge in [0.2, 0.25) is 0 Å². The predicted octanol–water partition coefficient (Wildman–Crippen LogP) is 3.76. The zero-order valence-corrected chi connectivity index (χ0v) is 18.8. The van der Waals surface area contributed by atoms with Crippen LogP contribution in [-0.4, -0.2) is 55.1 Å². The van der Waals surface area contributed by atoms with E-state index in [9.17, 15) is 9.18 Å². The van der Waals surface area contributed by atoms with Crippen LogP contribution in [-0.2, 0) is 14.0 Å². The van der Waals surface area contributed by atoms with Crippen molar-refractivity contribution in [2.24, 2.45) is 0 Å². The van der Waals surface area contributed by atoms with E-state index in [-0.39, 0.29) is 6.09 Å². The van der Waals surface area contributed by atoms with Crippen LogP contribution in [0.15, 0.2) is 18.2 Å². The Morgan fingerprint density at radius 3 is 2.28 bits per heavy atom. The summed E-state index contributed by atoms with van der Waals surface area (Å²) >= 11 is 0. The number of hydrogen-bond donors (Lipinski definition) is 0. The van der Waals surface area contributed by atoms with Gasteiger partial charge in [0.1, 0.15) is 17.2 Å². The number of nitrogens with zero attached hydrogens (tertiary/aromatic N) is 1. The second kappa shape index (κ2) is 8.52. The largest absolute Gasteiger partial charge is 0.497 e. The molecule has 6 nitrogen and oxygen atoms in total. The molecule has 1 aliphatic rings. The van der Waals surface area contributed by atoms with E-state index in [4.69, 9.17) is 18.8 Å². The van der Waals surface area contributed by atoms with Gasteiger partial charge in [0.05, 0.1) is 17.8 Å². The minimum atomic E-state index is -0.753. The molecule has 0 bridgehead atoms. The highest BCUT2D eigenvalue weighted by molar-refractivity contribution is 6.62. The van der Waals surface area contributed by atoms with Crippen molar-refractivity contribution in [3.8, 4) is 5.75 Å². The lowest BCUT2D eigenvalue weighted by Gasteiger charge is -2.32. The van der Waals surface area contributed by atoms with Crippen LogP contribution >= 0.6 is 0 Å². The molecule has 1 heterocycles. The number of rotatable bonds is 6. The van der Waals surface area contributed by atoms with E-state index in [1.165, 1.54) is 11.0 Å². The van der Waals surface area contributed by atoms with Crippen LogP contribution in [0, 0.1) is 5.82 Å². The minimum Gasteiger partial charge on any atom is -0.493 e. The SMILES string of the molecule is CN(CCCOc1ccc(B2OC(C)(C)C(C)(C)O2)c(F)c1)C(=O)OC(C)(C)C. The van der Waals surface area contributed by atoms with E-state index in [0.29, 0.717) is 30.8 Å². The highest BCUT2D eigenvalue weighted by atomic mass is 19.1. The summed E-state index contributed by atoms with van der Waals surface area (Å²) in [6, 6.07) is 4.65. The maximum atomic E-state index is 14.6. The Bertz CT molecular complexity index is 716. The van der Waals surface area contributed by atoms with Crippen molar-refractivity contribution < 1.29 is 28.0 Å². The second-order valence-corrected chi connectivity index (χ2v) is 9.38. The molecule has 1 fully saturated rings. The van der Waals surface area contributed by atoms with Crippen LogP contribution in [0.25, 0.3) is 0 Å². The van der Waals surface area contributed by atoms with E-state index in [1.807, 2.05) is 48.5 Å².